The lowest BCUT2D eigenvalue weighted by Crippen LogP contribution is -2.08. The van der Waals surface area contributed by atoms with Crippen LogP contribution in [0.5, 0.6) is 5.75 Å². The molecule has 1 N–H and O–H groups in total. The third-order valence-electron chi connectivity index (χ3n) is 3.32. The van der Waals surface area contributed by atoms with Gasteiger partial charge in [-0.15, -0.1) is 0 Å². The van der Waals surface area contributed by atoms with Gasteiger partial charge in [-0.3, -0.25) is 14.9 Å². The summed E-state index contributed by atoms with van der Waals surface area (Å²) in [6.45, 7) is 0. The number of non-ortho nitro benzene ring substituents is 1. The number of nitrogens with one attached hydrogen (secondary N) is 1. The Bertz CT molecular complexity index is 949. The predicted molar refractivity (Wildman–Crippen MR) is 85.4 cm³/mol. The first-order valence-corrected chi connectivity index (χ1v) is 6.69. The van der Waals surface area contributed by atoms with Gasteiger partial charge in [-0.1, -0.05) is 6.07 Å². The topological polar surface area (TPSA) is 94.6 Å². The van der Waals surface area contributed by atoms with Crippen LogP contribution in [0, 0.1) is 10.1 Å². The van der Waals surface area contributed by atoms with E-state index < -0.39 is 4.92 Å². The van der Waals surface area contributed by atoms with Crippen LogP contribution >= 0.6 is 0 Å². The number of nitro benzene ring substituents is 1. The molecule has 0 aliphatic carbocycles. The highest BCUT2D eigenvalue weighted by molar-refractivity contribution is 5.81. The molecule has 0 unspecified atom stereocenters. The van der Waals surface area contributed by atoms with Crippen molar-refractivity contribution in [2.45, 2.75) is 0 Å². The second-order valence-corrected chi connectivity index (χ2v) is 4.77. The van der Waals surface area contributed by atoms with Crippen LogP contribution in [0.15, 0.2) is 57.9 Å². The highest BCUT2D eigenvalue weighted by atomic mass is 16.6. The van der Waals surface area contributed by atoms with E-state index in [1.165, 1.54) is 31.6 Å². The highest BCUT2D eigenvalue weighted by Gasteiger charge is 2.10. The molecule has 0 amide bonds. The molecule has 1 heterocycles. The zero-order valence-corrected chi connectivity index (χ0v) is 12.1. The minimum atomic E-state index is -0.500. The molecule has 0 bridgehead atoms. The monoisotopic (exact) mass is 312 g/mol. The van der Waals surface area contributed by atoms with Crippen LogP contribution < -0.4 is 15.5 Å². The summed E-state index contributed by atoms with van der Waals surface area (Å²) < 4.78 is 10.5. The average molecular weight is 312 g/mol. The van der Waals surface area contributed by atoms with Crippen molar-refractivity contribution >= 4 is 28.0 Å². The number of fused-ring (bicyclic) bond motifs is 1. The molecule has 116 valence electrons. The smallest absolute Gasteiger partial charge is 0.271 e. The first-order chi connectivity index (χ1) is 11.1. The Morgan fingerprint density at radius 2 is 2.04 bits per heavy atom. The molecule has 0 spiro atoms. The number of nitro groups is 1. The van der Waals surface area contributed by atoms with E-state index in [4.69, 9.17) is 9.15 Å². The summed E-state index contributed by atoms with van der Waals surface area (Å²) in [5.74, 6) is 0.583. The van der Waals surface area contributed by atoms with Crippen molar-refractivity contribution in [3.63, 3.8) is 0 Å². The average Bonchev–Trinajstić information content (AvgIpc) is 2.57. The molecule has 0 aliphatic heterocycles. The maximum absolute atomic E-state index is 12.5. The molecule has 1 aromatic heterocycles. The van der Waals surface area contributed by atoms with Crippen molar-refractivity contribution < 1.29 is 14.1 Å². The number of nitrogens with zero attached hydrogens (tertiary/aromatic N) is 1. The molecule has 0 atom stereocenters. The van der Waals surface area contributed by atoms with Gasteiger partial charge in [0.05, 0.1) is 17.4 Å². The number of hydrogen-bond donors (Lipinski definition) is 1. The van der Waals surface area contributed by atoms with E-state index in [0.717, 1.165) is 0 Å². The SMILES string of the molecule is COc1ccc2c(=O)c(Nc3cccc([N+](=O)[O-])c3)coc2c1. The first kappa shape index (κ1) is 14.6. The molecule has 0 radical (unpaired) electrons. The molecule has 2 aromatic carbocycles. The largest absolute Gasteiger partial charge is 0.497 e. The Kier molecular flexibility index (Phi) is 3.68. The molecule has 7 nitrogen and oxygen atoms in total. The van der Waals surface area contributed by atoms with Crippen LogP contribution in [0.4, 0.5) is 17.1 Å². The van der Waals surface area contributed by atoms with Crippen molar-refractivity contribution in [2.75, 3.05) is 12.4 Å². The number of anilines is 2. The van der Waals surface area contributed by atoms with Crippen LogP contribution in [0.3, 0.4) is 0 Å². The van der Waals surface area contributed by atoms with Crippen LogP contribution in [0.1, 0.15) is 0 Å². The van der Waals surface area contributed by atoms with Crippen LogP contribution in [-0.4, -0.2) is 12.0 Å². The van der Waals surface area contributed by atoms with Crippen molar-refractivity contribution in [2.24, 2.45) is 0 Å². The Labute approximate surface area is 130 Å². The van der Waals surface area contributed by atoms with Gasteiger partial charge in [-0.25, -0.2) is 0 Å². The Balaban J connectivity index is 2.01. The summed E-state index contributed by atoms with van der Waals surface area (Å²) in [7, 11) is 1.53. The van der Waals surface area contributed by atoms with Gasteiger partial charge in [0.25, 0.3) is 5.69 Å². The quantitative estimate of drug-likeness (QED) is 0.585. The number of rotatable bonds is 4. The molecule has 0 aliphatic rings. The predicted octanol–water partition coefficient (Wildman–Crippen LogP) is 3.45. The summed E-state index contributed by atoms with van der Waals surface area (Å²) >= 11 is 0. The maximum Gasteiger partial charge on any atom is 0.271 e. The van der Waals surface area contributed by atoms with E-state index in [9.17, 15) is 14.9 Å². The minimum Gasteiger partial charge on any atom is -0.497 e. The Morgan fingerprint density at radius 1 is 1.22 bits per heavy atom. The summed E-state index contributed by atoms with van der Waals surface area (Å²) in [5, 5.41) is 14.0. The van der Waals surface area contributed by atoms with Crippen LogP contribution in [0.25, 0.3) is 11.0 Å². The summed E-state index contributed by atoms with van der Waals surface area (Å²) in [4.78, 5) is 22.7. The van der Waals surface area contributed by atoms with E-state index in [-0.39, 0.29) is 16.8 Å². The van der Waals surface area contributed by atoms with Crippen molar-refractivity contribution in [1.82, 2.24) is 0 Å². The van der Waals surface area contributed by atoms with Crippen LogP contribution in [0.2, 0.25) is 0 Å². The fourth-order valence-corrected chi connectivity index (χ4v) is 2.17. The van der Waals surface area contributed by atoms with E-state index in [1.807, 2.05) is 0 Å². The zero-order chi connectivity index (χ0) is 16.4. The molecule has 0 saturated heterocycles. The van der Waals surface area contributed by atoms with Crippen molar-refractivity contribution in [3.8, 4) is 5.75 Å². The molecule has 0 fully saturated rings. The maximum atomic E-state index is 12.5. The Morgan fingerprint density at radius 3 is 2.78 bits per heavy atom. The van der Waals surface area contributed by atoms with Gasteiger partial charge in [0.1, 0.15) is 23.3 Å². The number of hydrogen-bond acceptors (Lipinski definition) is 6. The third kappa shape index (κ3) is 2.84. The third-order valence-corrected chi connectivity index (χ3v) is 3.32. The molecule has 23 heavy (non-hydrogen) atoms. The molecule has 7 heteroatoms. The fraction of sp³-hybridized carbons (Fsp3) is 0.0625. The van der Waals surface area contributed by atoms with Gasteiger partial charge in [-0.2, -0.15) is 0 Å². The van der Waals surface area contributed by atoms with Gasteiger partial charge in [0, 0.05) is 23.9 Å². The summed E-state index contributed by atoms with van der Waals surface area (Å²) in [5.41, 5.74) is 0.701. The second-order valence-electron chi connectivity index (χ2n) is 4.77. The van der Waals surface area contributed by atoms with Gasteiger partial charge >= 0.3 is 0 Å². The van der Waals surface area contributed by atoms with Gasteiger partial charge in [0.15, 0.2) is 0 Å². The zero-order valence-electron chi connectivity index (χ0n) is 12.1. The lowest BCUT2D eigenvalue weighted by molar-refractivity contribution is -0.384. The van der Waals surface area contributed by atoms with Crippen molar-refractivity contribution in [3.05, 3.63) is 69.1 Å². The van der Waals surface area contributed by atoms with Gasteiger partial charge in [0.2, 0.25) is 5.43 Å². The molecular weight excluding hydrogens is 300 g/mol. The first-order valence-electron chi connectivity index (χ1n) is 6.69. The normalized spacial score (nSPS) is 10.5. The minimum absolute atomic E-state index is 0.0649. The standard InChI is InChI=1S/C16H12N2O5/c1-22-12-5-6-13-15(8-12)23-9-14(16(13)19)17-10-3-2-4-11(7-10)18(20)21/h2-9,17H,1H3. The summed E-state index contributed by atoms with van der Waals surface area (Å²) in [6.07, 6.45) is 1.28. The Hall–Kier alpha value is -3.35. The highest BCUT2D eigenvalue weighted by Crippen LogP contribution is 2.23. The lowest BCUT2D eigenvalue weighted by atomic mass is 10.2. The molecule has 3 aromatic rings. The number of benzene rings is 2. The van der Waals surface area contributed by atoms with Gasteiger partial charge < -0.3 is 14.5 Å². The van der Waals surface area contributed by atoms with Crippen molar-refractivity contribution in [1.29, 1.82) is 0 Å². The number of ether oxygens (including phenoxy) is 1. The van der Waals surface area contributed by atoms with E-state index in [0.29, 0.717) is 22.4 Å². The van der Waals surface area contributed by atoms with Gasteiger partial charge in [-0.05, 0) is 18.2 Å². The van der Waals surface area contributed by atoms with E-state index in [2.05, 4.69) is 5.32 Å². The fourth-order valence-electron chi connectivity index (χ4n) is 2.17. The summed E-state index contributed by atoms with van der Waals surface area (Å²) in [6, 6.07) is 10.8. The molecule has 3 rings (SSSR count). The second kappa shape index (κ2) is 5.80. The van der Waals surface area contributed by atoms with Crippen LogP contribution in [-0.2, 0) is 0 Å². The molecular formula is C16H12N2O5. The van der Waals surface area contributed by atoms with E-state index in [1.54, 1.807) is 24.3 Å². The lowest BCUT2D eigenvalue weighted by Gasteiger charge is -2.07. The number of methoxy groups -OCH3 is 1. The van der Waals surface area contributed by atoms with E-state index >= 15 is 0 Å². The molecule has 0 saturated carbocycles.